The van der Waals surface area contributed by atoms with Gasteiger partial charge in [-0.15, -0.1) is 0 Å². The van der Waals surface area contributed by atoms with Crippen LogP contribution in [0.15, 0.2) is 0 Å². The van der Waals surface area contributed by atoms with Gasteiger partial charge in [-0.2, -0.15) is 11.8 Å². The number of rotatable bonds is 4. The smallest absolute Gasteiger partial charge is 0.0766 e. The second-order valence-corrected chi connectivity index (χ2v) is 22.3. The van der Waals surface area contributed by atoms with Gasteiger partial charge < -0.3 is 9.47 Å². The minimum Gasteiger partial charge on any atom is -0.374 e. The van der Waals surface area contributed by atoms with E-state index < -0.39 is 0 Å². The van der Waals surface area contributed by atoms with Gasteiger partial charge in [0, 0.05) is 40.5 Å². The SMILES string of the molecule is C1CCC(C2CCC(N(C3CCCC4C5CCC6SC7CCCCC7C6C5OC43)C3CCCC4OC5C6CCCCC6CCC5C43)CC2)CC1. The summed E-state index contributed by atoms with van der Waals surface area (Å²) in [7, 11) is 0. The largest absolute Gasteiger partial charge is 0.374 e. The van der Waals surface area contributed by atoms with Crippen molar-refractivity contribution in [1.82, 2.24) is 4.90 Å². The second kappa shape index (κ2) is 14.1. The molecular formula is C46H73NO2S. The first-order chi connectivity index (χ1) is 24.8. The van der Waals surface area contributed by atoms with Crippen LogP contribution >= 0.6 is 11.8 Å². The van der Waals surface area contributed by atoms with Gasteiger partial charge in [0.15, 0.2) is 0 Å². The molecule has 11 rings (SSSR count). The van der Waals surface area contributed by atoms with Crippen LogP contribution < -0.4 is 0 Å². The third kappa shape index (κ3) is 5.63. The van der Waals surface area contributed by atoms with Crippen molar-refractivity contribution in [3.63, 3.8) is 0 Å². The number of nitrogens with zero attached hydrogens (tertiary/aromatic N) is 1. The molecule has 8 aliphatic carbocycles. The quantitative estimate of drug-likeness (QED) is 0.291. The molecule has 0 aromatic carbocycles. The van der Waals surface area contributed by atoms with E-state index in [2.05, 4.69) is 16.7 Å². The average molecular weight is 704 g/mol. The van der Waals surface area contributed by atoms with Crippen molar-refractivity contribution in [2.45, 2.75) is 226 Å². The Kier molecular flexibility index (Phi) is 9.44. The van der Waals surface area contributed by atoms with E-state index in [0.717, 1.165) is 81.8 Å². The molecule has 0 bridgehead atoms. The highest BCUT2D eigenvalue weighted by Gasteiger charge is 2.62. The van der Waals surface area contributed by atoms with Crippen LogP contribution in [0, 0.1) is 59.2 Å². The van der Waals surface area contributed by atoms with Gasteiger partial charge in [-0.25, -0.2) is 0 Å². The normalized spacial score (nSPS) is 54.9. The van der Waals surface area contributed by atoms with Crippen molar-refractivity contribution in [2.75, 3.05) is 0 Å². The van der Waals surface area contributed by atoms with E-state index in [1.165, 1.54) is 161 Å². The molecule has 280 valence electrons. The van der Waals surface area contributed by atoms with Gasteiger partial charge >= 0.3 is 0 Å². The summed E-state index contributed by atoms with van der Waals surface area (Å²) in [5.74, 6) is 9.14. The Labute approximate surface area is 310 Å². The summed E-state index contributed by atoms with van der Waals surface area (Å²) in [6, 6.07) is 2.24. The Morgan fingerprint density at radius 2 is 1.02 bits per heavy atom. The fourth-order valence-corrected chi connectivity index (χ4v) is 19.1. The highest BCUT2D eigenvalue weighted by molar-refractivity contribution is 8.00. The third-order valence-electron chi connectivity index (χ3n) is 18.9. The minimum absolute atomic E-state index is 0.522. The van der Waals surface area contributed by atoms with Crippen LogP contribution in [0.5, 0.6) is 0 Å². The minimum atomic E-state index is 0.522. The first-order valence-corrected chi connectivity index (χ1v) is 24.5. The maximum absolute atomic E-state index is 7.83. The standard InChI is InChI=1S/C46H73NO2S/c1-2-10-28(11-3-1)29-20-23-31(24-21-29)47(37-16-9-18-39-42(37)36-25-22-30-12-4-5-13-32(30)44(36)48-39)38-17-8-15-33-34-26-27-41-43(46(34)49-45(33)38)35-14-6-7-19-40(35)50-41/h28-46H,1-27H2. The van der Waals surface area contributed by atoms with Crippen molar-refractivity contribution in [1.29, 1.82) is 0 Å². The monoisotopic (exact) mass is 704 g/mol. The van der Waals surface area contributed by atoms with Crippen molar-refractivity contribution >= 4 is 11.8 Å². The number of ether oxygens (including phenoxy) is 2. The fourth-order valence-electron chi connectivity index (χ4n) is 17.0. The van der Waals surface area contributed by atoms with Crippen LogP contribution in [0.1, 0.15) is 173 Å². The lowest BCUT2D eigenvalue weighted by Gasteiger charge is -2.54. The summed E-state index contributed by atoms with van der Waals surface area (Å²) in [5, 5.41) is 1.87. The van der Waals surface area contributed by atoms with Crippen LogP contribution in [0.3, 0.4) is 0 Å². The molecule has 0 spiro atoms. The number of thioether (sulfide) groups is 1. The van der Waals surface area contributed by atoms with Gasteiger partial charge in [0.1, 0.15) is 0 Å². The lowest BCUT2D eigenvalue weighted by atomic mass is 9.61. The maximum Gasteiger partial charge on any atom is 0.0766 e. The zero-order chi connectivity index (χ0) is 32.8. The van der Waals surface area contributed by atoms with Gasteiger partial charge in [0.2, 0.25) is 0 Å². The second-order valence-electron chi connectivity index (χ2n) is 20.8. The topological polar surface area (TPSA) is 21.7 Å². The highest BCUT2D eigenvalue weighted by atomic mass is 32.2. The Bertz CT molecular complexity index is 1180. The fraction of sp³-hybridized carbons (Fsp3) is 1.00. The molecule has 3 saturated heterocycles. The Morgan fingerprint density at radius 3 is 1.92 bits per heavy atom. The number of fused-ring (bicyclic) bond motifs is 12. The van der Waals surface area contributed by atoms with Gasteiger partial charge in [-0.1, -0.05) is 70.6 Å². The molecule has 0 aromatic rings. The summed E-state index contributed by atoms with van der Waals surface area (Å²) in [6.07, 6.45) is 42.4. The van der Waals surface area contributed by atoms with E-state index in [0.29, 0.717) is 30.5 Å². The van der Waals surface area contributed by atoms with Crippen LogP contribution in [0.4, 0.5) is 0 Å². The van der Waals surface area contributed by atoms with Crippen molar-refractivity contribution in [2.24, 2.45) is 59.2 Å². The maximum atomic E-state index is 7.83. The highest BCUT2D eigenvalue weighted by Crippen LogP contribution is 2.62. The number of hydrogen-bond acceptors (Lipinski definition) is 4. The van der Waals surface area contributed by atoms with Crippen molar-refractivity contribution in [3.8, 4) is 0 Å². The molecule has 11 aliphatic rings. The van der Waals surface area contributed by atoms with Gasteiger partial charge in [0.25, 0.3) is 0 Å². The van der Waals surface area contributed by atoms with Crippen LogP contribution in [0.25, 0.3) is 0 Å². The summed E-state index contributed by atoms with van der Waals surface area (Å²) in [4.78, 5) is 3.38. The average Bonchev–Trinajstić information content (AvgIpc) is 3.87. The molecule has 4 heteroatoms. The predicted molar refractivity (Wildman–Crippen MR) is 205 cm³/mol. The molecule has 50 heavy (non-hydrogen) atoms. The van der Waals surface area contributed by atoms with E-state index in [1.54, 1.807) is 12.8 Å². The molecule has 3 nitrogen and oxygen atoms in total. The molecule has 0 N–H and O–H groups in total. The van der Waals surface area contributed by atoms with E-state index in [9.17, 15) is 0 Å². The first kappa shape index (κ1) is 33.6. The predicted octanol–water partition coefficient (Wildman–Crippen LogP) is 11.2. The molecule has 0 amide bonds. The lowest BCUT2D eigenvalue weighted by Crippen LogP contribution is -2.61. The van der Waals surface area contributed by atoms with Gasteiger partial charge in [-0.3, -0.25) is 4.90 Å². The molecule has 16 atom stereocenters. The third-order valence-corrected chi connectivity index (χ3v) is 20.8. The summed E-state index contributed by atoms with van der Waals surface area (Å²) in [5.41, 5.74) is 0. The van der Waals surface area contributed by atoms with Crippen LogP contribution in [0.2, 0.25) is 0 Å². The van der Waals surface area contributed by atoms with Crippen molar-refractivity contribution in [3.05, 3.63) is 0 Å². The molecule has 11 fully saturated rings. The van der Waals surface area contributed by atoms with Gasteiger partial charge in [0.05, 0.1) is 24.4 Å². The Hall–Kier alpha value is 0.230. The summed E-state index contributed by atoms with van der Waals surface area (Å²) < 4.78 is 15.2. The summed E-state index contributed by atoms with van der Waals surface area (Å²) >= 11 is 2.45. The van der Waals surface area contributed by atoms with E-state index in [1.807, 2.05) is 0 Å². The molecule has 16 unspecified atom stereocenters. The molecule has 3 aliphatic heterocycles. The number of hydrogen-bond donors (Lipinski definition) is 0. The summed E-state index contributed by atoms with van der Waals surface area (Å²) in [6.45, 7) is 0. The van der Waals surface area contributed by atoms with Crippen molar-refractivity contribution < 1.29 is 9.47 Å². The van der Waals surface area contributed by atoms with E-state index >= 15 is 0 Å². The van der Waals surface area contributed by atoms with E-state index in [-0.39, 0.29) is 0 Å². The van der Waals surface area contributed by atoms with Crippen LogP contribution in [-0.4, -0.2) is 57.9 Å². The zero-order valence-corrected chi connectivity index (χ0v) is 32.5. The Balaban J connectivity index is 0.900. The van der Waals surface area contributed by atoms with E-state index in [4.69, 9.17) is 9.47 Å². The molecule has 8 saturated carbocycles. The zero-order valence-electron chi connectivity index (χ0n) is 31.7. The van der Waals surface area contributed by atoms with Crippen LogP contribution in [-0.2, 0) is 9.47 Å². The lowest BCUT2D eigenvalue weighted by molar-refractivity contribution is -0.111. The molecule has 0 radical (unpaired) electrons. The van der Waals surface area contributed by atoms with Gasteiger partial charge in [-0.05, 0) is 150 Å². The Morgan fingerprint density at radius 1 is 0.360 bits per heavy atom. The molecular weight excluding hydrogens is 631 g/mol. The first-order valence-electron chi connectivity index (χ1n) is 23.5. The molecule has 3 heterocycles. The molecule has 0 aromatic heterocycles.